The molecule has 0 aromatic carbocycles. The Bertz CT molecular complexity index is 22.1. The van der Waals surface area contributed by atoms with Gasteiger partial charge < -0.3 is 6.08 Å². The van der Waals surface area contributed by atoms with Crippen LogP contribution >= 0.6 is 11.6 Å². The molecule has 2 heteroatoms. The van der Waals surface area contributed by atoms with Crippen LogP contribution in [0.4, 0.5) is 0 Å². The summed E-state index contributed by atoms with van der Waals surface area (Å²) in [6.45, 7) is 1.74. The van der Waals surface area contributed by atoms with Gasteiger partial charge in [0.05, 0.1) is 0 Å². The van der Waals surface area contributed by atoms with Crippen molar-refractivity contribution in [3.63, 3.8) is 0 Å². The molecule has 0 aliphatic rings. The van der Waals surface area contributed by atoms with E-state index in [2.05, 4.69) is 6.08 Å². The van der Waals surface area contributed by atoms with Crippen LogP contribution in [0.25, 0.3) is 0 Å². The molecule has 0 rings (SSSR count). The summed E-state index contributed by atoms with van der Waals surface area (Å²) in [6, 6.07) is 0. The molecular weight excluding hydrogens is 255 g/mol. The SMILES string of the molecule is C[C-]=CCl.[W]. The second-order valence-electron chi connectivity index (χ2n) is 0.398. The van der Waals surface area contributed by atoms with Gasteiger partial charge in [0, 0.05) is 21.1 Å². The molecule has 0 heterocycles. The zero-order valence-corrected chi connectivity index (χ0v) is 6.55. The van der Waals surface area contributed by atoms with Gasteiger partial charge in [0.2, 0.25) is 0 Å². The molecule has 0 aromatic rings. The van der Waals surface area contributed by atoms with Crippen LogP contribution in [-0.4, -0.2) is 0 Å². The van der Waals surface area contributed by atoms with Crippen molar-refractivity contribution in [3.8, 4) is 0 Å². The Morgan fingerprint density at radius 3 is 2.00 bits per heavy atom. The fourth-order valence-electron chi connectivity index (χ4n) is 0. The average molecular weight is 259 g/mol. The van der Waals surface area contributed by atoms with E-state index >= 15 is 0 Å². The predicted molar refractivity (Wildman–Crippen MR) is 19.3 cm³/mol. The minimum Gasteiger partial charge on any atom is -0.488 e. The molecule has 0 atom stereocenters. The molecule has 0 aromatic heterocycles. The Hall–Kier alpha value is 0.718. The Balaban J connectivity index is 0. The van der Waals surface area contributed by atoms with Crippen LogP contribution in [0.1, 0.15) is 6.92 Å². The number of hydrogen-bond acceptors (Lipinski definition) is 0. The largest absolute Gasteiger partial charge is 0.488 e. The predicted octanol–water partition coefficient (Wildman–Crippen LogP) is 1.56. The maximum Gasteiger partial charge on any atom is 0 e. The minimum absolute atomic E-state index is 0. The minimum atomic E-state index is 0. The molecule has 0 nitrogen and oxygen atoms in total. The van der Waals surface area contributed by atoms with Crippen LogP contribution in [0.15, 0.2) is 5.54 Å². The number of halogens is 1. The number of rotatable bonds is 0. The summed E-state index contributed by atoms with van der Waals surface area (Å²) < 4.78 is 0. The molecule has 0 aliphatic heterocycles. The summed E-state index contributed by atoms with van der Waals surface area (Å²) in [6.07, 6.45) is 2.57. The molecule has 0 unspecified atom stereocenters. The molecule has 0 saturated heterocycles. The number of allylic oxidation sites excluding steroid dienone is 1. The molecule has 30 valence electrons. The monoisotopic (exact) mass is 259 g/mol. The summed E-state index contributed by atoms with van der Waals surface area (Å²) in [4.78, 5) is 0. The third-order valence-electron chi connectivity index (χ3n) is 0.109. The summed E-state index contributed by atoms with van der Waals surface area (Å²) in [5, 5.41) is 0. The first kappa shape index (κ1) is 9.21. The first-order chi connectivity index (χ1) is 1.91. The third-order valence-corrected chi connectivity index (χ3v) is 0.327. The molecule has 0 fully saturated rings. The zero-order valence-electron chi connectivity index (χ0n) is 2.86. The van der Waals surface area contributed by atoms with Gasteiger partial charge in [-0.25, -0.2) is 0 Å². The normalized spacial score (nSPS) is 7.60. The van der Waals surface area contributed by atoms with Gasteiger partial charge in [-0.05, 0) is 0 Å². The Kier molecular flexibility index (Phi) is 16.3. The smallest absolute Gasteiger partial charge is 0 e. The quantitative estimate of drug-likeness (QED) is 0.579. The first-order valence-electron chi connectivity index (χ1n) is 1.01. The fourth-order valence-corrected chi connectivity index (χ4v) is 0. The van der Waals surface area contributed by atoms with Gasteiger partial charge >= 0.3 is 0 Å². The van der Waals surface area contributed by atoms with Gasteiger partial charge in [-0.15, -0.1) is 11.6 Å². The Morgan fingerprint density at radius 2 is 2.00 bits per heavy atom. The topological polar surface area (TPSA) is 0 Å². The van der Waals surface area contributed by atoms with E-state index in [1.54, 1.807) is 6.92 Å². The molecule has 0 saturated carbocycles. The molecule has 0 amide bonds. The third kappa shape index (κ3) is 11.8. The molecule has 0 N–H and O–H groups in total. The van der Waals surface area contributed by atoms with Gasteiger partial charge in [-0.2, -0.15) is 12.5 Å². The Morgan fingerprint density at radius 1 is 1.80 bits per heavy atom. The van der Waals surface area contributed by atoms with Crippen LogP contribution in [0, 0.1) is 6.08 Å². The van der Waals surface area contributed by atoms with Crippen molar-refractivity contribution in [2.75, 3.05) is 0 Å². The first-order valence-corrected chi connectivity index (χ1v) is 1.44. The zero-order chi connectivity index (χ0) is 3.41. The van der Waals surface area contributed by atoms with Crippen LogP contribution in [0.5, 0.6) is 0 Å². The van der Waals surface area contributed by atoms with E-state index < -0.39 is 0 Å². The standard InChI is InChI=1S/C3H4Cl.W/c1-2-3-4;/h3H,1H3;/q-1;. The van der Waals surface area contributed by atoms with Crippen molar-refractivity contribution in [2.45, 2.75) is 6.92 Å². The molecule has 0 spiro atoms. The van der Waals surface area contributed by atoms with Crippen molar-refractivity contribution in [2.24, 2.45) is 0 Å². The Labute approximate surface area is 51.5 Å². The van der Waals surface area contributed by atoms with E-state index in [4.69, 9.17) is 11.6 Å². The maximum atomic E-state index is 4.95. The summed E-state index contributed by atoms with van der Waals surface area (Å²) in [5.41, 5.74) is 1.35. The summed E-state index contributed by atoms with van der Waals surface area (Å²) in [5.74, 6) is 0. The van der Waals surface area contributed by atoms with E-state index in [1.165, 1.54) is 5.54 Å². The van der Waals surface area contributed by atoms with Crippen LogP contribution < -0.4 is 0 Å². The van der Waals surface area contributed by atoms with Gasteiger partial charge in [-0.1, -0.05) is 0 Å². The average Bonchev–Trinajstić information content (AvgIpc) is 1.37. The molecule has 0 aliphatic carbocycles. The van der Waals surface area contributed by atoms with E-state index in [-0.39, 0.29) is 21.1 Å². The molecule has 0 radical (unpaired) electrons. The van der Waals surface area contributed by atoms with Crippen molar-refractivity contribution in [1.29, 1.82) is 0 Å². The van der Waals surface area contributed by atoms with E-state index in [0.717, 1.165) is 0 Å². The molecule has 0 bridgehead atoms. The van der Waals surface area contributed by atoms with Crippen LogP contribution in [-0.2, 0) is 21.1 Å². The van der Waals surface area contributed by atoms with Gasteiger partial charge in [-0.3, -0.25) is 0 Å². The van der Waals surface area contributed by atoms with Gasteiger partial charge in [0.25, 0.3) is 0 Å². The van der Waals surface area contributed by atoms with Gasteiger partial charge in [0.15, 0.2) is 0 Å². The van der Waals surface area contributed by atoms with Crippen LogP contribution in [0.3, 0.4) is 0 Å². The van der Waals surface area contributed by atoms with Gasteiger partial charge in [0.1, 0.15) is 0 Å². The van der Waals surface area contributed by atoms with E-state index in [1.807, 2.05) is 0 Å². The van der Waals surface area contributed by atoms with Crippen molar-refractivity contribution in [1.82, 2.24) is 0 Å². The van der Waals surface area contributed by atoms with E-state index in [9.17, 15) is 0 Å². The van der Waals surface area contributed by atoms with Crippen molar-refractivity contribution >= 4 is 11.6 Å². The number of hydrogen-bond donors (Lipinski definition) is 0. The summed E-state index contributed by atoms with van der Waals surface area (Å²) >= 11 is 4.95. The van der Waals surface area contributed by atoms with Crippen LogP contribution in [0.2, 0.25) is 0 Å². The maximum absolute atomic E-state index is 4.95. The van der Waals surface area contributed by atoms with Crippen molar-refractivity contribution < 1.29 is 21.1 Å². The fraction of sp³-hybridized carbons (Fsp3) is 0.333. The summed E-state index contributed by atoms with van der Waals surface area (Å²) in [7, 11) is 0. The molecule has 5 heavy (non-hydrogen) atoms. The molecular formula is C3H4ClW-. The van der Waals surface area contributed by atoms with E-state index in [0.29, 0.717) is 0 Å². The van der Waals surface area contributed by atoms with Crippen molar-refractivity contribution in [3.05, 3.63) is 11.6 Å². The second-order valence-corrected chi connectivity index (χ2v) is 0.616. The second kappa shape index (κ2) is 8.83.